The van der Waals surface area contributed by atoms with Crippen molar-refractivity contribution in [2.75, 3.05) is 6.54 Å². The van der Waals surface area contributed by atoms with Crippen LogP contribution in [0.5, 0.6) is 0 Å². The van der Waals surface area contributed by atoms with Gasteiger partial charge >= 0.3 is 0 Å². The third kappa shape index (κ3) is 2.94. The molecule has 1 aliphatic heterocycles. The van der Waals surface area contributed by atoms with Gasteiger partial charge in [-0.1, -0.05) is 36.4 Å². The van der Waals surface area contributed by atoms with Crippen molar-refractivity contribution in [3.05, 3.63) is 52.7 Å². The summed E-state index contributed by atoms with van der Waals surface area (Å²) in [6.07, 6.45) is 2.06. The van der Waals surface area contributed by atoms with Gasteiger partial charge in [0.1, 0.15) is 6.54 Å². The van der Waals surface area contributed by atoms with E-state index in [-0.39, 0.29) is 18.5 Å². The number of hydrogen-bond donors (Lipinski definition) is 0. The van der Waals surface area contributed by atoms with E-state index in [0.29, 0.717) is 5.82 Å². The third-order valence-corrected chi connectivity index (χ3v) is 5.18. The van der Waals surface area contributed by atoms with Gasteiger partial charge in [0, 0.05) is 17.0 Å². The molecule has 6 nitrogen and oxygen atoms in total. The van der Waals surface area contributed by atoms with Gasteiger partial charge in [0.15, 0.2) is 0 Å². The zero-order chi connectivity index (χ0) is 16.4. The molecule has 1 amide bonds. The summed E-state index contributed by atoms with van der Waals surface area (Å²) in [6, 6.07) is 14.0. The first kappa shape index (κ1) is 15.0. The van der Waals surface area contributed by atoms with Crippen molar-refractivity contribution in [1.29, 1.82) is 0 Å². The Labute approximate surface area is 143 Å². The molecule has 3 aromatic rings. The van der Waals surface area contributed by atoms with Crippen LogP contribution in [0.1, 0.15) is 23.8 Å². The lowest BCUT2D eigenvalue weighted by molar-refractivity contribution is -0.133. The van der Waals surface area contributed by atoms with E-state index in [0.717, 1.165) is 24.9 Å². The summed E-state index contributed by atoms with van der Waals surface area (Å²) >= 11 is 1.70. The van der Waals surface area contributed by atoms with E-state index in [2.05, 4.69) is 26.9 Å². The Morgan fingerprint density at radius 1 is 1.21 bits per heavy atom. The van der Waals surface area contributed by atoms with Crippen LogP contribution in [0.15, 0.2) is 47.8 Å². The van der Waals surface area contributed by atoms with Crippen molar-refractivity contribution < 1.29 is 4.79 Å². The van der Waals surface area contributed by atoms with Gasteiger partial charge < -0.3 is 4.90 Å². The number of carbonyl (C=O) groups is 1. The highest BCUT2D eigenvalue weighted by atomic mass is 32.1. The molecule has 1 atom stereocenters. The van der Waals surface area contributed by atoms with Gasteiger partial charge in [-0.25, -0.2) is 0 Å². The maximum atomic E-state index is 12.7. The molecule has 1 aliphatic rings. The molecular weight excluding hydrogens is 322 g/mol. The van der Waals surface area contributed by atoms with E-state index in [9.17, 15) is 4.79 Å². The minimum Gasteiger partial charge on any atom is -0.333 e. The molecule has 0 unspecified atom stereocenters. The number of carbonyl (C=O) groups excluding carboxylic acids is 1. The summed E-state index contributed by atoms with van der Waals surface area (Å²) in [5.74, 6) is 0.586. The maximum absolute atomic E-state index is 12.7. The Morgan fingerprint density at radius 2 is 2.08 bits per heavy atom. The first-order valence-corrected chi connectivity index (χ1v) is 8.85. The average Bonchev–Trinajstić information content (AvgIpc) is 3.36. The Kier molecular flexibility index (Phi) is 4.08. The SMILES string of the molecule is O=C(Cn1nnc(-c2ccccc2)n1)N1CCC[C@H]1c1cccs1. The van der Waals surface area contributed by atoms with Crippen LogP contribution in [-0.4, -0.2) is 37.6 Å². The molecule has 0 aliphatic carbocycles. The van der Waals surface area contributed by atoms with Gasteiger partial charge in [0.2, 0.25) is 11.7 Å². The lowest BCUT2D eigenvalue weighted by Crippen LogP contribution is -2.33. The number of hydrogen-bond acceptors (Lipinski definition) is 5. The fourth-order valence-corrected chi connectivity index (χ4v) is 3.94. The van der Waals surface area contributed by atoms with E-state index in [1.54, 1.807) is 11.3 Å². The number of likely N-dealkylation sites (tertiary alicyclic amines) is 1. The van der Waals surface area contributed by atoms with Gasteiger partial charge in [0.25, 0.3) is 0 Å². The van der Waals surface area contributed by atoms with Crippen LogP contribution in [0, 0.1) is 0 Å². The van der Waals surface area contributed by atoms with Crippen LogP contribution in [0.2, 0.25) is 0 Å². The highest BCUT2D eigenvalue weighted by molar-refractivity contribution is 7.10. The van der Waals surface area contributed by atoms with Crippen molar-refractivity contribution in [3.63, 3.8) is 0 Å². The van der Waals surface area contributed by atoms with Crippen LogP contribution in [0.3, 0.4) is 0 Å². The van der Waals surface area contributed by atoms with E-state index in [1.807, 2.05) is 41.3 Å². The highest BCUT2D eigenvalue weighted by Crippen LogP contribution is 2.34. The molecule has 3 heterocycles. The summed E-state index contributed by atoms with van der Waals surface area (Å²) in [7, 11) is 0. The zero-order valence-electron chi connectivity index (χ0n) is 13.1. The molecule has 0 spiro atoms. The molecule has 7 heteroatoms. The van der Waals surface area contributed by atoms with Crippen molar-refractivity contribution in [2.45, 2.75) is 25.4 Å². The number of thiophene rings is 1. The molecule has 0 saturated carbocycles. The summed E-state index contributed by atoms with van der Waals surface area (Å²) in [5.41, 5.74) is 0.897. The molecular formula is C17H17N5OS. The van der Waals surface area contributed by atoms with Crippen LogP contribution >= 0.6 is 11.3 Å². The van der Waals surface area contributed by atoms with Crippen LogP contribution < -0.4 is 0 Å². The number of benzene rings is 1. The second-order valence-corrected chi connectivity index (χ2v) is 6.75. The molecule has 122 valence electrons. The van der Waals surface area contributed by atoms with Crippen LogP contribution in [-0.2, 0) is 11.3 Å². The molecule has 1 saturated heterocycles. The lowest BCUT2D eigenvalue weighted by atomic mass is 10.2. The van der Waals surface area contributed by atoms with Crippen molar-refractivity contribution in [3.8, 4) is 11.4 Å². The molecule has 0 N–H and O–H groups in total. The Balaban J connectivity index is 1.47. The topological polar surface area (TPSA) is 63.9 Å². The van der Waals surface area contributed by atoms with E-state index < -0.39 is 0 Å². The number of tetrazole rings is 1. The molecule has 4 rings (SSSR count). The first-order chi connectivity index (χ1) is 11.8. The van der Waals surface area contributed by atoms with Crippen molar-refractivity contribution in [1.82, 2.24) is 25.1 Å². The van der Waals surface area contributed by atoms with Crippen molar-refractivity contribution in [2.24, 2.45) is 0 Å². The van der Waals surface area contributed by atoms with Crippen molar-refractivity contribution >= 4 is 17.2 Å². The first-order valence-electron chi connectivity index (χ1n) is 7.97. The van der Waals surface area contributed by atoms with E-state index in [1.165, 1.54) is 9.67 Å². The molecule has 1 fully saturated rings. The highest BCUT2D eigenvalue weighted by Gasteiger charge is 2.30. The minimum atomic E-state index is 0.0444. The van der Waals surface area contributed by atoms with Crippen LogP contribution in [0.25, 0.3) is 11.4 Å². The van der Waals surface area contributed by atoms with Gasteiger partial charge in [-0.15, -0.1) is 21.5 Å². The second-order valence-electron chi connectivity index (χ2n) is 5.77. The number of rotatable bonds is 4. The van der Waals surface area contributed by atoms with Gasteiger partial charge in [-0.05, 0) is 29.5 Å². The molecule has 2 aromatic heterocycles. The Bertz CT molecular complexity index is 815. The lowest BCUT2D eigenvalue weighted by Gasteiger charge is -2.23. The summed E-state index contributed by atoms with van der Waals surface area (Å²) in [4.78, 5) is 17.2. The third-order valence-electron chi connectivity index (χ3n) is 4.21. The van der Waals surface area contributed by atoms with Gasteiger partial charge in [-0.3, -0.25) is 4.79 Å². The quantitative estimate of drug-likeness (QED) is 0.733. The summed E-state index contributed by atoms with van der Waals surface area (Å²) in [6.45, 7) is 0.920. The maximum Gasteiger partial charge on any atom is 0.246 e. The fraction of sp³-hybridized carbons (Fsp3) is 0.294. The summed E-state index contributed by atoms with van der Waals surface area (Å²) in [5, 5.41) is 14.5. The second kappa shape index (κ2) is 6.52. The van der Waals surface area contributed by atoms with Crippen LogP contribution in [0.4, 0.5) is 0 Å². The molecule has 0 radical (unpaired) electrons. The minimum absolute atomic E-state index is 0.0444. The smallest absolute Gasteiger partial charge is 0.246 e. The number of aromatic nitrogens is 4. The Morgan fingerprint density at radius 3 is 2.88 bits per heavy atom. The average molecular weight is 339 g/mol. The zero-order valence-corrected chi connectivity index (χ0v) is 13.9. The number of amides is 1. The van der Waals surface area contributed by atoms with Gasteiger partial charge in [-0.2, -0.15) is 4.80 Å². The molecule has 1 aromatic carbocycles. The standard InChI is InChI=1S/C17H17N5OS/c23-16(21-10-4-8-14(21)15-9-5-11-24-15)12-22-19-17(18-20-22)13-6-2-1-3-7-13/h1-3,5-7,9,11,14H,4,8,10,12H2/t14-/m0/s1. The van der Waals surface area contributed by atoms with E-state index in [4.69, 9.17) is 0 Å². The fourth-order valence-electron chi connectivity index (χ4n) is 3.07. The Hall–Kier alpha value is -2.54. The summed E-state index contributed by atoms with van der Waals surface area (Å²) < 4.78 is 0. The normalized spacial score (nSPS) is 17.3. The molecule has 24 heavy (non-hydrogen) atoms. The molecule has 0 bridgehead atoms. The predicted molar refractivity (Wildman–Crippen MR) is 91.3 cm³/mol. The predicted octanol–water partition coefficient (Wildman–Crippen LogP) is 2.77. The largest absolute Gasteiger partial charge is 0.333 e. The number of nitrogens with zero attached hydrogens (tertiary/aromatic N) is 5. The van der Waals surface area contributed by atoms with Gasteiger partial charge in [0.05, 0.1) is 6.04 Å². The van der Waals surface area contributed by atoms with E-state index >= 15 is 0 Å². The monoisotopic (exact) mass is 339 g/mol.